The molecule has 4 saturated heterocycles. The Hall–Kier alpha value is -0.760. The van der Waals surface area contributed by atoms with Crippen LogP contribution in [0.4, 0.5) is 0 Å². The summed E-state index contributed by atoms with van der Waals surface area (Å²) in [5.41, 5.74) is 0. The average molecular weight is 677 g/mol. The lowest BCUT2D eigenvalue weighted by Gasteiger charge is -2.48. The van der Waals surface area contributed by atoms with Gasteiger partial charge in [0.05, 0.1) is 38.6 Å². The molecule has 0 aromatic carbocycles. The Morgan fingerprint density at radius 2 is 0.913 bits per heavy atom. The normalized spacial score (nSPS) is 52.0. The molecule has 19 nitrogen and oxygen atoms in total. The van der Waals surface area contributed by atoms with Crippen molar-refractivity contribution >= 4 is 0 Å². The number of aliphatic hydroxyl groups is 11. The van der Waals surface area contributed by atoms with Gasteiger partial charge in [-0.3, -0.25) is 0 Å². The Bertz CT molecular complexity index is 931. The van der Waals surface area contributed by atoms with Crippen LogP contribution in [-0.2, 0) is 37.9 Å². The van der Waals surface area contributed by atoms with Gasteiger partial charge in [-0.2, -0.15) is 0 Å². The first-order chi connectivity index (χ1) is 21.8. The Kier molecular flexibility index (Phi) is 13.5. The Morgan fingerprint density at radius 1 is 0.457 bits per heavy atom. The summed E-state index contributed by atoms with van der Waals surface area (Å²) in [7, 11) is 1.32. The van der Waals surface area contributed by atoms with Crippen LogP contribution in [-0.4, -0.2) is 212 Å². The van der Waals surface area contributed by atoms with Gasteiger partial charge in [0.1, 0.15) is 97.7 Å². The minimum Gasteiger partial charge on any atom is -0.394 e. The van der Waals surface area contributed by atoms with Gasteiger partial charge in [0.2, 0.25) is 0 Å². The first kappa shape index (κ1) is 38.0. The maximum Gasteiger partial charge on any atom is 0.187 e. The standard InChI is InChI=1S/C27H48O19/c1-8-14(31)23(16(33)11(5-29)41-8)45-27-21(38)24(46-26-20(37)19(36)15(32)10(4-28)43-26)18(35)13(44-27)7-40-22-9(2)42-12(6-30)17(34)25(22)39-3/h8-38H,4-7H2,1-3H3/t8-,9+,10?,11?,12?,13?,14?,15+,16+,17+,18+,19-,20?,21?,22?,23+,24-,25-,26-,27-/m0/s1. The molecule has 0 aromatic rings. The van der Waals surface area contributed by atoms with Gasteiger partial charge in [-0.05, 0) is 13.8 Å². The van der Waals surface area contributed by atoms with Gasteiger partial charge in [-0.25, -0.2) is 0 Å². The number of hydrogen-bond acceptors (Lipinski definition) is 19. The fourth-order valence-electron chi connectivity index (χ4n) is 6.20. The van der Waals surface area contributed by atoms with Crippen LogP contribution >= 0.6 is 0 Å². The molecule has 8 unspecified atom stereocenters. The summed E-state index contributed by atoms with van der Waals surface area (Å²) in [4.78, 5) is 0. The van der Waals surface area contributed by atoms with Crippen LogP contribution < -0.4 is 0 Å². The highest BCUT2D eigenvalue weighted by Gasteiger charge is 2.54. The van der Waals surface area contributed by atoms with E-state index >= 15 is 0 Å². The van der Waals surface area contributed by atoms with Crippen molar-refractivity contribution in [3.8, 4) is 0 Å². The number of rotatable bonds is 11. The molecule has 0 amide bonds. The lowest BCUT2D eigenvalue weighted by Crippen LogP contribution is -2.67. The predicted molar refractivity (Wildman–Crippen MR) is 146 cm³/mol. The zero-order valence-electron chi connectivity index (χ0n) is 25.6. The summed E-state index contributed by atoms with van der Waals surface area (Å²) in [6.45, 7) is 0.698. The lowest BCUT2D eigenvalue weighted by atomic mass is 9.94. The summed E-state index contributed by atoms with van der Waals surface area (Å²) < 4.78 is 45.1. The lowest BCUT2D eigenvalue weighted by molar-refractivity contribution is -0.375. The van der Waals surface area contributed by atoms with E-state index in [0.29, 0.717) is 0 Å². The first-order valence-electron chi connectivity index (χ1n) is 15.1. The van der Waals surface area contributed by atoms with E-state index < -0.39 is 149 Å². The fourth-order valence-corrected chi connectivity index (χ4v) is 6.20. The van der Waals surface area contributed by atoms with Crippen molar-refractivity contribution in [3.63, 3.8) is 0 Å². The van der Waals surface area contributed by atoms with Crippen LogP contribution in [0.25, 0.3) is 0 Å². The zero-order chi connectivity index (χ0) is 34.0. The molecular weight excluding hydrogens is 628 g/mol. The van der Waals surface area contributed by atoms with Gasteiger partial charge in [0, 0.05) is 7.11 Å². The Morgan fingerprint density at radius 3 is 1.48 bits per heavy atom. The second kappa shape index (κ2) is 16.3. The van der Waals surface area contributed by atoms with E-state index in [2.05, 4.69) is 0 Å². The summed E-state index contributed by atoms with van der Waals surface area (Å²) in [5.74, 6) is 0. The quantitative estimate of drug-likeness (QED) is 0.0969. The van der Waals surface area contributed by atoms with Crippen LogP contribution in [0.3, 0.4) is 0 Å². The zero-order valence-corrected chi connectivity index (χ0v) is 25.6. The molecule has 0 aliphatic carbocycles. The molecule has 0 radical (unpaired) electrons. The van der Waals surface area contributed by atoms with Crippen LogP contribution in [0.5, 0.6) is 0 Å². The van der Waals surface area contributed by atoms with Crippen molar-refractivity contribution in [3.05, 3.63) is 0 Å². The van der Waals surface area contributed by atoms with Crippen LogP contribution in [0.1, 0.15) is 13.8 Å². The molecule has 4 aliphatic heterocycles. The highest BCUT2D eigenvalue weighted by Crippen LogP contribution is 2.33. The van der Waals surface area contributed by atoms with E-state index in [1.807, 2.05) is 0 Å². The first-order valence-corrected chi connectivity index (χ1v) is 15.1. The molecular formula is C27H48O19. The predicted octanol–water partition coefficient (Wildman–Crippen LogP) is -6.95. The molecule has 4 heterocycles. The third-order valence-corrected chi connectivity index (χ3v) is 8.98. The van der Waals surface area contributed by atoms with Crippen molar-refractivity contribution in [2.24, 2.45) is 0 Å². The second-order valence-corrected chi connectivity index (χ2v) is 12.0. The van der Waals surface area contributed by atoms with Crippen molar-refractivity contribution in [2.45, 2.75) is 136 Å². The minimum absolute atomic E-state index is 0.481. The average Bonchev–Trinajstić information content (AvgIpc) is 3.04. The molecule has 0 aromatic heterocycles. The van der Waals surface area contributed by atoms with Crippen LogP contribution in [0.15, 0.2) is 0 Å². The molecule has 270 valence electrons. The molecule has 19 heteroatoms. The van der Waals surface area contributed by atoms with E-state index in [1.165, 1.54) is 14.0 Å². The van der Waals surface area contributed by atoms with E-state index in [9.17, 15) is 56.2 Å². The van der Waals surface area contributed by atoms with Crippen molar-refractivity contribution < 1.29 is 94.1 Å². The summed E-state index contributed by atoms with van der Waals surface area (Å²) in [6, 6.07) is 0. The highest BCUT2D eigenvalue weighted by atomic mass is 16.7. The fraction of sp³-hybridized carbons (Fsp3) is 1.00. The molecule has 0 bridgehead atoms. The maximum atomic E-state index is 11.3. The smallest absolute Gasteiger partial charge is 0.187 e. The summed E-state index contributed by atoms with van der Waals surface area (Å²) in [5, 5.41) is 114. The van der Waals surface area contributed by atoms with Crippen LogP contribution in [0, 0.1) is 0 Å². The van der Waals surface area contributed by atoms with Gasteiger partial charge < -0.3 is 94.1 Å². The van der Waals surface area contributed by atoms with Crippen molar-refractivity contribution in [1.82, 2.24) is 0 Å². The van der Waals surface area contributed by atoms with E-state index in [1.54, 1.807) is 6.92 Å². The molecule has 11 N–H and O–H groups in total. The number of aliphatic hydroxyl groups excluding tert-OH is 11. The molecule has 4 rings (SSSR count). The number of hydrogen-bond donors (Lipinski definition) is 11. The minimum atomic E-state index is -1.92. The molecule has 4 fully saturated rings. The highest BCUT2D eigenvalue weighted by molar-refractivity contribution is 4.98. The Labute approximate surface area is 264 Å². The van der Waals surface area contributed by atoms with Gasteiger partial charge >= 0.3 is 0 Å². The molecule has 20 atom stereocenters. The molecule has 0 saturated carbocycles. The van der Waals surface area contributed by atoms with E-state index in [-0.39, 0.29) is 0 Å². The molecule has 0 spiro atoms. The van der Waals surface area contributed by atoms with Gasteiger partial charge in [0.15, 0.2) is 12.6 Å². The summed E-state index contributed by atoms with van der Waals surface area (Å²) in [6.07, 6.45) is -28.8. The third kappa shape index (κ3) is 7.68. The SMILES string of the molecule is CO[C@@H]1C(OCC2O[C@@H](O[C@@H]3C(O)[C@H](C)OC(CO)[C@H]3O)C(O)[C@@H](O[C@@H]3OC(CO)[C@@H](O)[C@H](O)C3O)[C@@H]2O)[C@@H](C)OC(CO)[C@H]1O. The summed E-state index contributed by atoms with van der Waals surface area (Å²) >= 11 is 0. The molecule has 4 aliphatic rings. The Balaban J connectivity index is 1.58. The van der Waals surface area contributed by atoms with Gasteiger partial charge in [-0.15, -0.1) is 0 Å². The van der Waals surface area contributed by atoms with E-state index in [0.717, 1.165) is 0 Å². The molecule has 46 heavy (non-hydrogen) atoms. The van der Waals surface area contributed by atoms with Crippen molar-refractivity contribution in [2.75, 3.05) is 33.5 Å². The monoisotopic (exact) mass is 676 g/mol. The third-order valence-electron chi connectivity index (χ3n) is 8.98. The maximum absolute atomic E-state index is 11.3. The van der Waals surface area contributed by atoms with Crippen molar-refractivity contribution in [1.29, 1.82) is 0 Å². The number of methoxy groups -OCH3 is 1. The topological polar surface area (TPSA) is 296 Å². The van der Waals surface area contributed by atoms with Gasteiger partial charge in [-0.1, -0.05) is 0 Å². The largest absolute Gasteiger partial charge is 0.394 e. The second-order valence-electron chi connectivity index (χ2n) is 12.0. The van der Waals surface area contributed by atoms with Gasteiger partial charge in [0.25, 0.3) is 0 Å². The van der Waals surface area contributed by atoms with E-state index in [4.69, 9.17) is 37.9 Å². The number of ether oxygens (including phenoxy) is 8. The van der Waals surface area contributed by atoms with Crippen LogP contribution in [0.2, 0.25) is 0 Å².